The van der Waals surface area contributed by atoms with Crippen LogP contribution in [-0.4, -0.2) is 29.1 Å². The van der Waals surface area contributed by atoms with E-state index >= 15 is 0 Å². The topological polar surface area (TPSA) is 51.7 Å². The monoisotopic (exact) mass is 348 g/mol. The zero-order chi connectivity index (χ0) is 17.9. The van der Waals surface area contributed by atoms with Crippen LogP contribution in [0.5, 0.6) is 11.6 Å². The highest BCUT2D eigenvalue weighted by atomic mass is 16.6. The summed E-state index contributed by atoms with van der Waals surface area (Å²) in [6.07, 6.45) is 0.450. The summed E-state index contributed by atoms with van der Waals surface area (Å²) in [5.41, 5.74) is 2.89. The smallest absolute Gasteiger partial charge is 0.416 e. The first-order valence-corrected chi connectivity index (χ1v) is 8.80. The van der Waals surface area contributed by atoms with Gasteiger partial charge in [0.2, 0.25) is 5.88 Å². The van der Waals surface area contributed by atoms with E-state index in [1.54, 1.807) is 4.90 Å². The highest BCUT2D eigenvalue weighted by molar-refractivity contribution is 5.83. The van der Waals surface area contributed by atoms with Gasteiger partial charge in [0.1, 0.15) is 5.75 Å². The molecule has 1 aliphatic heterocycles. The minimum Gasteiger partial charge on any atom is -0.494 e. The van der Waals surface area contributed by atoms with E-state index in [2.05, 4.69) is 17.1 Å². The van der Waals surface area contributed by atoms with Crippen LogP contribution in [0.25, 0.3) is 10.9 Å². The predicted molar refractivity (Wildman–Crippen MR) is 99.5 cm³/mol. The molecule has 0 fully saturated rings. The molecule has 4 rings (SSSR count). The van der Waals surface area contributed by atoms with Gasteiger partial charge >= 0.3 is 6.09 Å². The minimum atomic E-state index is -0.346. The van der Waals surface area contributed by atoms with Crippen LogP contribution in [0.4, 0.5) is 4.79 Å². The second-order valence-electron chi connectivity index (χ2n) is 6.27. The zero-order valence-electron chi connectivity index (χ0n) is 14.6. The van der Waals surface area contributed by atoms with E-state index in [1.165, 1.54) is 5.56 Å². The minimum absolute atomic E-state index is 0.346. The molecule has 2 heterocycles. The van der Waals surface area contributed by atoms with Gasteiger partial charge in [-0.3, -0.25) is 0 Å². The SMILES string of the molecule is CCOc1ccc2cc3c(nc2c1)OC(=O)N(CCc1ccccc1)C3. The number of fused-ring (bicyclic) bond motifs is 2. The van der Waals surface area contributed by atoms with Gasteiger partial charge < -0.3 is 14.4 Å². The highest BCUT2D eigenvalue weighted by Crippen LogP contribution is 2.29. The number of benzene rings is 2. The third-order valence-electron chi connectivity index (χ3n) is 4.46. The molecule has 2 aromatic carbocycles. The van der Waals surface area contributed by atoms with E-state index in [0.29, 0.717) is 25.6 Å². The molecule has 1 aromatic heterocycles. The Kier molecular flexibility index (Phi) is 4.44. The van der Waals surface area contributed by atoms with Crippen LogP contribution in [0.1, 0.15) is 18.1 Å². The number of carbonyl (C=O) groups excluding carboxylic acids is 1. The lowest BCUT2D eigenvalue weighted by Crippen LogP contribution is -2.38. The molecule has 3 aromatic rings. The molecular formula is C21H20N2O3. The number of aromatic nitrogens is 1. The van der Waals surface area contributed by atoms with E-state index in [-0.39, 0.29) is 6.09 Å². The van der Waals surface area contributed by atoms with Gasteiger partial charge in [-0.15, -0.1) is 0 Å². The summed E-state index contributed by atoms with van der Waals surface area (Å²) in [4.78, 5) is 18.6. The molecule has 5 nitrogen and oxygen atoms in total. The molecule has 0 aliphatic carbocycles. The lowest BCUT2D eigenvalue weighted by Gasteiger charge is -2.27. The maximum Gasteiger partial charge on any atom is 0.416 e. The molecule has 0 radical (unpaired) electrons. The van der Waals surface area contributed by atoms with Crippen LogP contribution in [0.3, 0.4) is 0 Å². The molecule has 5 heteroatoms. The number of hydrogen-bond acceptors (Lipinski definition) is 4. The Bertz CT molecular complexity index is 941. The average Bonchev–Trinajstić information content (AvgIpc) is 2.66. The van der Waals surface area contributed by atoms with Gasteiger partial charge in [0.05, 0.1) is 18.7 Å². The summed E-state index contributed by atoms with van der Waals surface area (Å²) < 4.78 is 11.0. The molecule has 1 aliphatic rings. The van der Waals surface area contributed by atoms with Gasteiger partial charge in [0.15, 0.2) is 0 Å². The maximum absolute atomic E-state index is 12.3. The molecule has 0 bridgehead atoms. The van der Waals surface area contributed by atoms with Crippen LogP contribution < -0.4 is 9.47 Å². The molecule has 1 amide bonds. The Hall–Kier alpha value is -3.08. The second-order valence-corrected chi connectivity index (χ2v) is 6.27. The van der Waals surface area contributed by atoms with Gasteiger partial charge in [-0.05, 0) is 37.1 Å². The molecule has 0 saturated heterocycles. The van der Waals surface area contributed by atoms with Crippen LogP contribution in [0.2, 0.25) is 0 Å². The fourth-order valence-corrected chi connectivity index (χ4v) is 3.13. The van der Waals surface area contributed by atoms with E-state index in [1.807, 2.05) is 49.4 Å². The lowest BCUT2D eigenvalue weighted by molar-refractivity contribution is 0.137. The van der Waals surface area contributed by atoms with Gasteiger partial charge in [0, 0.05) is 23.6 Å². The second kappa shape index (κ2) is 7.04. The third kappa shape index (κ3) is 3.33. The number of hydrogen-bond donors (Lipinski definition) is 0. The molecule has 0 spiro atoms. The number of carbonyl (C=O) groups is 1. The average molecular weight is 348 g/mol. The number of nitrogens with zero attached hydrogens (tertiary/aromatic N) is 2. The fourth-order valence-electron chi connectivity index (χ4n) is 3.13. The first-order chi connectivity index (χ1) is 12.7. The van der Waals surface area contributed by atoms with Gasteiger partial charge in [-0.1, -0.05) is 30.3 Å². The molecule has 0 saturated carbocycles. The first kappa shape index (κ1) is 16.4. The molecule has 0 unspecified atom stereocenters. The Morgan fingerprint density at radius 3 is 2.81 bits per heavy atom. The summed E-state index contributed by atoms with van der Waals surface area (Å²) in [7, 11) is 0. The molecule has 132 valence electrons. The molecular weight excluding hydrogens is 328 g/mol. The van der Waals surface area contributed by atoms with Crippen molar-refractivity contribution in [3.63, 3.8) is 0 Å². The number of ether oxygens (including phenoxy) is 2. The van der Waals surface area contributed by atoms with E-state index < -0.39 is 0 Å². The Morgan fingerprint density at radius 2 is 2.00 bits per heavy atom. The van der Waals surface area contributed by atoms with Crippen molar-refractivity contribution < 1.29 is 14.3 Å². The predicted octanol–water partition coefficient (Wildman–Crippen LogP) is 4.19. The van der Waals surface area contributed by atoms with E-state index in [9.17, 15) is 4.79 Å². The van der Waals surface area contributed by atoms with Crippen molar-refractivity contribution in [3.05, 3.63) is 65.7 Å². The van der Waals surface area contributed by atoms with Crippen LogP contribution in [0, 0.1) is 0 Å². The number of amides is 1. The van der Waals surface area contributed by atoms with Crippen molar-refractivity contribution in [2.45, 2.75) is 19.9 Å². The van der Waals surface area contributed by atoms with Gasteiger partial charge in [0.25, 0.3) is 0 Å². The van der Waals surface area contributed by atoms with Crippen molar-refractivity contribution in [3.8, 4) is 11.6 Å². The zero-order valence-corrected chi connectivity index (χ0v) is 14.6. The number of pyridine rings is 1. The highest BCUT2D eigenvalue weighted by Gasteiger charge is 2.26. The lowest BCUT2D eigenvalue weighted by atomic mass is 10.1. The number of rotatable bonds is 5. The van der Waals surface area contributed by atoms with Crippen molar-refractivity contribution >= 4 is 17.0 Å². The maximum atomic E-state index is 12.3. The normalized spacial score (nSPS) is 13.4. The molecule has 0 atom stereocenters. The summed E-state index contributed by atoms with van der Waals surface area (Å²) in [6, 6.07) is 18.0. The largest absolute Gasteiger partial charge is 0.494 e. The Labute approximate surface area is 152 Å². The summed E-state index contributed by atoms with van der Waals surface area (Å²) in [5.74, 6) is 1.16. The quantitative estimate of drug-likeness (QED) is 0.694. The summed E-state index contributed by atoms with van der Waals surface area (Å²) >= 11 is 0. The van der Waals surface area contributed by atoms with Crippen molar-refractivity contribution in [1.29, 1.82) is 0 Å². The third-order valence-corrected chi connectivity index (χ3v) is 4.46. The van der Waals surface area contributed by atoms with Gasteiger partial charge in [-0.2, -0.15) is 0 Å². The standard InChI is InChI=1S/C21H20N2O3/c1-2-25-18-9-8-16-12-17-14-23(11-10-15-6-4-3-5-7-15)21(24)26-20(17)22-19(16)13-18/h3-9,12-13H,2,10-11,14H2,1H3. The van der Waals surface area contributed by atoms with Crippen molar-refractivity contribution in [1.82, 2.24) is 9.88 Å². The van der Waals surface area contributed by atoms with Crippen LogP contribution >= 0.6 is 0 Å². The van der Waals surface area contributed by atoms with Crippen LogP contribution in [0.15, 0.2) is 54.6 Å². The van der Waals surface area contributed by atoms with Crippen molar-refractivity contribution in [2.75, 3.05) is 13.2 Å². The van der Waals surface area contributed by atoms with Gasteiger partial charge in [-0.25, -0.2) is 9.78 Å². The molecule has 0 N–H and O–H groups in total. The van der Waals surface area contributed by atoms with Crippen molar-refractivity contribution in [2.24, 2.45) is 0 Å². The molecule has 26 heavy (non-hydrogen) atoms. The van der Waals surface area contributed by atoms with E-state index in [4.69, 9.17) is 9.47 Å². The summed E-state index contributed by atoms with van der Waals surface area (Å²) in [5, 5.41) is 1.01. The first-order valence-electron chi connectivity index (χ1n) is 8.80. The van der Waals surface area contributed by atoms with Crippen LogP contribution in [-0.2, 0) is 13.0 Å². The van der Waals surface area contributed by atoms with E-state index in [0.717, 1.165) is 28.6 Å². The fraction of sp³-hybridized carbons (Fsp3) is 0.238. The Balaban J connectivity index is 1.55. The summed E-state index contributed by atoms with van der Waals surface area (Å²) in [6.45, 7) is 3.67. The Morgan fingerprint density at radius 1 is 1.15 bits per heavy atom.